The zero-order valence-corrected chi connectivity index (χ0v) is 15.8. The highest BCUT2D eigenvalue weighted by Crippen LogP contribution is 2.25. The predicted octanol–water partition coefficient (Wildman–Crippen LogP) is 4.48. The zero-order valence-electron chi connectivity index (χ0n) is 15.8. The maximum Gasteiger partial charge on any atom is 0.330 e. The highest BCUT2D eigenvalue weighted by atomic mass is 16.5. The first-order valence-corrected chi connectivity index (χ1v) is 9.23. The molecule has 0 aliphatic carbocycles. The van der Waals surface area contributed by atoms with Gasteiger partial charge in [0.05, 0.1) is 6.61 Å². The van der Waals surface area contributed by atoms with Crippen molar-refractivity contribution in [2.24, 2.45) is 0 Å². The second kappa shape index (κ2) is 9.99. The largest absolute Gasteiger partial charge is 0.504 e. The predicted molar refractivity (Wildman–Crippen MR) is 111 cm³/mol. The number of para-hydroxylation sites is 1. The van der Waals surface area contributed by atoms with Gasteiger partial charge in [-0.2, -0.15) is 0 Å². The van der Waals surface area contributed by atoms with E-state index in [2.05, 4.69) is 0 Å². The van der Waals surface area contributed by atoms with E-state index in [1.807, 2.05) is 54.6 Å². The fourth-order valence-corrected chi connectivity index (χ4v) is 2.70. The molecule has 0 unspecified atom stereocenters. The number of carbonyl (C=O) groups is 1. The quantitative estimate of drug-likeness (QED) is 0.337. The fraction of sp³-hybridized carbons (Fsp3) is 0.125. The first kappa shape index (κ1) is 20.0. The van der Waals surface area contributed by atoms with Crippen molar-refractivity contribution in [1.29, 1.82) is 0 Å². The smallest absolute Gasteiger partial charge is 0.330 e. The molecular formula is C24H22O5. The van der Waals surface area contributed by atoms with Crippen molar-refractivity contribution < 1.29 is 24.5 Å². The highest BCUT2D eigenvalue weighted by molar-refractivity contribution is 5.87. The molecule has 3 rings (SSSR count). The molecule has 3 aromatic rings. The molecule has 0 saturated carbocycles. The van der Waals surface area contributed by atoms with Crippen LogP contribution in [0.3, 0.4) is 0 Å². The molecule has 148 valence electrons. The van der Waals surface area contributed by atoms with E-state index in [1.165, 1.54) is 24.3 Å². The zero-order chi connectivity index (χ0) is 20.5. The Bertz CT molecular complexity index is 980. The number of esters is 1. The van der Waals surface area contributed by atoms with Crippen molar-refractivity contribution in [3.63, 3.8) is 0 Å². The van der Waals surface area contributed by atoms with Crippen molar-refractivity contribution in [2.75, 3.05) is 6.61 Å². The number of hydrogen-bond donors (Lipinski definition) is 2. The number of ether oxygens (including phenoxy) is 2. The summed E-state index contributed by atoms with van der Waals surface area (Å²) in [4.78, 5) is 11.9. The lowest BCUT2D eigenvalue weighted by molar-refractivity contribution is -0.137. The molecule has 0 radical (unpaired) electrons. The molecule has 5 nitrogen and oxygen atoms in total. The van der Waals surface area contributed by atoms with E-state index < -0.39 is 5.97 Å². The van der Waals surface area contributed by atoms with Crippen LogP contribution in [0.2, 0.25) is 0 Å². The van der Waals surface area contributed by atoms with Gasteiger partial charge in [0.2, 0.25) is 0 Å². The Hall–Kier alpha value is -3.73. The van der Waals surface area contributed by atoms with E-state index in [1.54, 1.807) is 6.07 Å². The van der Waals surface area contributed by atoms with Gasteiger partial charge in [-0.3, -0.25) is 0 Å². The van der Waals surface area contributed by atoms with Crippen LogP contribution >= 0.6 is 0 Å². The molecular weight excluding hydrogens is 368 g/mol. The van der Waals surface area contributed by atoms with Crippen LogP contribution in [-0.2, 0) is 22.6 Å². The van der Waals surface area contributed by atoms with Crippen molar-refractivity contribution in [3.8, 4) is 17.2 Å². The van der Waals surface area contributed by atoms with Gasteiger partial charge >= 0.3 is 5.97 Å². The van der Waals surface area contributed by atoms with E-state index in [-0.39, 0.29) is 18.1 Å². The summed E-state index contributed by atoms with van der Waals surface area (Å²) in [5.41, 5.74) is 2.62. The highest BCUT2D eigenvalue weighted by Gasteiger charge is 2.05. The summed E-state index contributed by atoms with van der Waals surface area (Å²) in [6, 6.07) is 21.9. The minimum atomic E-state index is -0.486. The average molecular weight is 390 g/mol. The summed E-state index contributed by atoms with van der Waals surface area (Å²) in [6.07, 6.45) is 3.33. The lowest BCUT2D eigenvalue weighted by Gasteiger charge is -2.11. The van der Waals surface area contributed by atoms with Gasteiger partial charge in [0, 0.05) is 12.5 Å². The maximum atomic E-state index is 11.9. The Morgan fingerprint density at radius 3 is 2.45 bits per heavy atom. The summed E-state index contributed by atoms with van der Waals surface area (Å²) < 4.78 is 11.2. The Balaban J connectivity index is 1.50. The monoisotopic (exact) mass is 390 g/mol. The minimum Gasteiger partial charge on any atom is -0.504 e. The molecule has 29 heavy (non-hydrogen) atoms. The van der Waals surface area contributed by atoms with Gasteiger partial charge < -0.3 is 19.7 Å². The van der Waals surface area contributed by atoms with Crippen LogP contribution < -0.4 is 4.74 Å². The second-order valence-corrected chi connectivity index (χ2v) is 6.38. The van der Waals surface area contributed by atoms with Crippen LogP contribution in [0, 0.1) is 0 Å². The molecule has 0 spiro atoms. The molecule has 2 N–H and O–H groups in total. The summed E-state index contributed by atoms with van der Waals surface area (Å²) in [7, 11) is 0. The maximum absolute atomic E-state index is 11.9. The van der Waals surface area contributed by atoms with Crippen molar-refractivity contribution in [1.82, 2.24) is 0 Å². The Morgan fingerprint density at radius 2 is 1.66 bits per heavy atom. The van der Waals surface area contributed by atoms with Crippen LogP contribution in [0.5, 0.6) is 17.2 Å². The van der Waals surface area contributed by atoms with Gasteiger partial charge in [-0.15, -0.1) is 0 Å². The number of phenols is 2. The van der Waals surface area contributed by atoms with E-state index in [0.29, 0.717) is 18.6 Å². The lowest BCUT2D eigenvalue weighted by atomic mass is 10.1. The fourth-order valence-electron chi connectivity index (χ4n) is 2.70. The molecule has 0 heterocycles. The molecule has 0 amide bonds. The van der Waals surface area contributed by atoms with Crippen molar-refractivity contribution in [3.05, 3.63) is 95.6 Å². The standard InChI is InChI=1S/C24H22O5/c25-21-12-10-18(16-22(21)26)11-13-24(27)28-15-14-20-8-4-5-9-23(20)29-17-19-6-2-1-3-7-19/h1-13,16,25-26H,14-15,17H2/b13-11+. The lowest BCUT2D eigenvalue weighted by Crippen LogP contribution is -2.06. The Labute approximate surface area is 169 Å². The number of rotatable bonds is 8. The Morgan fingerprint density at radius 1 is 0.897 bits per heavy atom. The molecule has 0 fully saturated rings. The van der Waals surface area contributed by atoms with Crippen LogP contribution in [0.15, 0.2) is 78.9 Å². The second-order valence-electron chi connectivity index (χ2n) is 6.38. The van der Waals surface area contributed by atoms with Gasteiger partial charge in [-0.1, -0.05) is 54.6 Å². The number of hydrogen-bond acceptors (Lipinski definition) is 5. The summed E-state index contributed by atoms with van der Waals surface area (Å²) in [6.45, 7) is 0.690. The van der Waals surface area contributed by atoms with E-state index >= 15 is 0 Å². The number of phenolic OH excluding ortho intramolecular Hbond substituents is 2. The van der Waals surface area contributed by atoms with E-state index in [9.17, 15) is 15.0 Å². The minimum absolute atomic E-state index is 0.210. The van der Waals surface area contributed by atoms with Gasteiger partial charge in [-0.05, 0) is 41.0 Å². The van der Waals surface area contributed by atoms with Crippen LogP contribution in [0.25, 0.3) is 6.08 Å². The van der Waals surface area contributed by atoms with Gasteiger partial charge in [0.25, 0.3) is 0 Å². The van der Waals surface area contributed by atoms with Gasteiger partial charge in [0.1, 0.15) is 12.4 Å². The molecule has 5 heteroatoms. The van der Waals surface area contributed by atoms with Crippen LogP contribution in [-0.4, -0.2) is 22.8 Å². The number of aromatic hydroxyl groups is 2. The topological polar surface area (TPSA) is 76.0 Å². The number of carbonyl (C=O) groups excluding carboxylic acids is 1. The molecule has 0 aliphatic heterocycles. The summed E-state index contributed by atoms with van der Waals surface area (Å²) in [5, 5.41) is 18.8. The third-order valence-electron chi connectivity index (χ3n) is 4.24. The van der Waals surface area contributed by atoms with E-state index in [4.69, 9.17) is 9.47 Å². The first-order chi connectivity index (χ1) is 14.1. The van der Waals surface area contributed by atoms with Crippen molar-refractivity contribution >= 4 is 12.0 Å². The Kier molecular flexibility index (Phi) is 6.90. The van der Waals surface area contributed by atoms with Gasteiger partial charge in [-0.25, -0.2) is 4.79 Å². The normalized spacial score (nSPS) is 10.8. The average Bonchev–Trinajstić information content (AvgIpc) is 2.74. The molecule has 0 aliphatic rings. The number of benzene rings is 3. The molecule has 0 saturated heterocycles. The third kappa shape index (κ3) is 6.14. The molecule has 3 aromatic carbocycles. The summed E-state index contributed by atoms with van der Waals surface area (Å²) in [5.74, 6) is -0.173. The van der Waals surface area contributed by atoms with Crippen LogP contribution in [0.4, 0.5) is 0 Å². The van der Waals surface area contributed by atoms with Gasteiger partial charge in [0.15, 0.2) is 11.5 Å². The third-order valence-corrected chi connectivity index (χ3v) is 4.24. The summed E-state index contributed by atoms with van der Waals surface area (Å²) >= 11 is 0. The van der Waals surface area contributed by atoms with Crippen molar-refractivity contribution in [2.45, 2.75) is 13.0 Å². The molecule has 0 bridgehead atoms. The first-order valence-electron chi connectivity index (χ1n) is 9.23. The molecule has 0 atom stereocenters. The van der Waals surface area contributed by atoms with Crippen LogP contribution in [0.1, 0.15) is 16.7 Å². The van der Waals surface area contributed by atoms with E-state index in [0.717, 1.165) is 16.9 Å². The molecule has 0 aromatic heterocycles. The SMILES string of the molecule is O=C(/C=C/c1ccc(O)c(O)c1)OCCc1ccccc1OCc1ccccc1.